The monoisotopic (exact) mass is 311 g/mol. The van der Waals surface area contributed by atoms with E-state index >= 15 is 0 Å². The molecule has 0 aromatic rings. The standard InChI is InChI=1S/C7H17NO.Hf/c1-7(2,9)5-6-8(3)4;/h9H,5-6H2,1-4H3;. The van der Waals surface area contributed by atoms with Gasteiger partial charge in [-0.25, -0.2) is 0 Å². The number of rotatable bonds is 3. The van der Waals surface area contributed by atoms with Gasteiger partial charge in [0.05, 0.1) is 5.60 Å². The molecule has 0 aliphatic heterocycles. The average molecular weight is 310 g/mol. The molecule has 0 heterocycles. The Labute approximate surface area is 82.4 Å². The largest absolute Gasteiger partial charge is 0.390 e. The topological polar surface area (TPSA) is 23.5 Å². The Bertz CT molecular complexity index is 78.2. The fourth-order valence-electron chi connectivity index (χ4n) is 0.497. The van der Waals surface area contributed by atoms with Gasteiger partial charge in [0, 0.05) is 32.4 Å². The minimum absolute atomic E-state index is 0. The Kier molecular flexibility index (Phi) is 7.28. The van der Waals surface area contributed by atoms with Gasteiger partial charge in [0.15, 0.2) is 0 Å². The summed E-state index contributed by atoms with van der Waals surface area (Å²) in [5.74, 6) is 0. The normalized spacial score (nSPS) is 11.4. The zero-order valence-corrected chi connectivity index (χ0v) is 10.9. The molecule has 0 rings (SSSR count). The first-order chi connectivity index (χ1) is 3.92. The first-order valence-electron chi connectivity index (χ1n) is 3.29. The van der Waals surface area contributed by atoms with E-state index in [1.807, 2.05) is 27.9 Å². The van der Waals surface area contributed by atoms with Crippen LogP contribution in [0.15, 0.2) is 0 Å². The van der Waals surface area contributed by atoms with Gasteiger partial charge in [-0.1, -0.05) is 0 Å². The summed E-state index contributed by atoms with van der Waals surface area (Å²) in [6.07, 6.45) is 0.833. The second kappa shape index (κ2) is 5.44. The molecule has 0 aliphatic carbocycles. The van der Waals surface area contributed by atoms with Crippen LogP contribution in [0.1, 0.15) is 20.3 Å². The number of hydrogen-bond donors (Lipinski definition) is 1. The SMILES string of the molecule is CN(C)CCC(C)(C)O.[Hf]. The molecule has 0 aromatic heterocycles. The third-order valence-electron chi connectivity index (χ3n) is 1.17. The van der Waals surface area contributed by atoms with Crippen molar-refractivity contribution in [1.29, 1.82) is 0 Å². The van der Waals surface area contributed by atoms with Crippen molar-refractivity contribution in [2.45, 2.75) is 25.9 Å². The van der Waals surface area contributed by atoms with Gasteiger partial charge in [0.2, 0.25) is 0 Å². The van der Waals surface area contributed by atoms with Crippen molar-refractivity contribution in [3.05, 3.63) is 0 Å². The Morgan fingerprint density at radius 3 is 1.80 bits per heavy atom. The van der Waals surface area contributed by atoms with Gasteiger partial charge in [0.25, 0.3) is 0 Å². The molecular weight excluding hydrogens is 293 g/mol. The van der Waals surface area contributed by atoms with E-state index in [-0.39, 0.29) is 25.8 Å². The van der Waals surface area contributed by atoms with E-state index in [1.54, 1.807) is 0 Å². The number of nitrogens with zero attached hydrogens (tertiary/aromatic N) is 1. The summed E-state index contributed by atoms with van der Waals surface area (Å²) in [4.78, 5) is 2.07. The van der Waals surface area contributed by atoms with Gasteiger partial charge >= 0.3 is 0 Å². The Balaban J connectivity index is 0. The van der Waals surface area contributed by atoms with Crippen molar-refractivity contribution < 1.29 is 30.9 Å². The van der Waals surface area contributed by atoms with E-state index in [1.165, 1.54) is 0 Å². The minimum Gasteiger partial charge on any atom is -0.390 e. The molecule has 0 fully saturated rings. The van der Waals surface area contributed by atoms with Gasteiger partial charge in [-0.15, -0.1) is 0 Å². The minimum atomic E-state index is -0.510. The molecule has 0 atom stereocenters. The van der Waals surface area contributed by atoms with Crippen LogP contribution in [0, 0.1) is 0 Å². The number of hydrogen-bond acceptors (Lipinski definition) is 2. The van der Waals surface area contributed by atoms with Crippen LogP contribution in [-0.2, 0) is 25.8 Å². The molecule has 0 unspecified atom stereocenters. The van der Waals surface area contributed by atoms with Gasteiger partial charge in [0.1, 0.15) is 0 Å². The van der Waals surface area contributed by atoms with Gasteiger partial charge < -0.3 is 10.0 Å². The summed E-state index contributed by atoms with van der Waals surface area (Å²) in [6.45, 7) is 4.61. The van der Waals surface area contributed by atoms with E-state index in [4.69, 9.17) is 0 Å². The van der Waals surface area contributed by atoms with Crippen molar-refractivity contribution in [2.24, 2.45) is 0 Å². The molecule has 0 aliphatic rings. The van der Waals surface area contributed by atoms with Crippen LogP contribution in [0.5, 0.6) is 0 Å². The smallest absolute Gasteiger partial charge is 0.0603 e. The van der Waals surface area contributed by atoms with E-state index in [0.717, 1.165) is 13.0 Å². The first kappa shape index (κ1) is 13.4. The molecular formula is C7H17HfNO. The van der Waals surface area contributed by atoms with Crippen LogP contribution in [0.3, 0.4) is 0 Å². The zero-order valence-electron chi connectivity index (χ0n) is 7.31. The summed E-state index contributed by atoms with van der Waals surface area (Å²) in [7, 11) is 4.01. The summed E-state index contributed by atoms with van der Waals surface area (Å²) in [5.41, 5.74) is -0.510. The Morgan fingerprint density at radius 1 is 1.30 bits per heavy atom. The molecule has 0 saturated heterocycles. The summed E-state index contributed by atoms with van der Waals surface area (Å²) >= 11 is 0. The Morgan fingerprint density at radius 2 is 1.70 bits per heavy atom. The van der Waals surface area contributed by atoms with Crippen molar-refractivity contribution in [1.82, 2.24) is 4.90 Å². The first-order valence-corrected chi connectivity index (χ1v) is 3.29. The van der Waals surface area contributed by atoms with Crippen LogP contribution in [0.25, 0.3) is 0 Å². The predicted molar refractivity (Wildman–Crippen MR) is 39.5 cm³/mol. The molecule has 0 saturated carbocycles. The Hall–Kier alpha value is 0.790. The van der Waals surface area contributed by atoms with Gasteiger partial charge in [-0.3, -0.25) is 0 Å². The fourth-order valence-corrected chi connectivity index (χ4v) is 0.497. The van der Waals surface area contributed by atoms with Crippen LogP contribution >= 0.6 is 0 Å². The molecule has 10 heavy (non-hydrogen) atoms. The summed E-state index contributed by atoms with van der Waals surface area (Å²) in [6, 6.07) is 0. The van der Waals surface area contributed by atoms with Crippen molar-refractivity contribution in [3.8, 4) is 0 Å². The predicted octanol–water partition coefficient (Wildman–Crippen LogP) is 0.707. The maximum Gasteiger partial charge on any atom is 0.0603 e. The zero-order chi connectivity index (χ0) is 7.49. The van der Waals surface area contributed by atoms with Crippen LogP contribution in [0.2, 0.25) is 0 Å². The second-order valence-corrected chi connectivity index (χ2v) is 3.37. The molecule has 0 radical (unpaired) electrons. The average Bonchev–Trinajstić information content (AvgIpc) is 1.59. The molecule has 1 N–H and O–H groups in total. The van der Waals surface area contributed by atoms with Crippen molar-refractivity contribution in [3.63, 3.8) is 0 Å². The van der Waals surface area contributed by atoms with Gasteiger partial charge in [-0.2, -0.15) is 0 Å². The van der Waals surface area contributed by atoms with Crippen LogP contribution in [0.4, 0.5) is 0 Å². The molecule has 3 heteroatoms. The maximum atomic E-state index is 9.24. The van der Waals surface area contributed by atoms with Crippen LogP contribution < -0.4 is 0 Å². The van der Waals surface area contributed by atoms with E-state index in [2.05, 4.69) is 4.90 Å². The van der Waals surface area contributed by atoms with Crippen molar-refractivity contribution in [2.75, 3.05) is 20.6 Å². The van der Waals surface area contributed by atoms with E-state index in [9.17, 15) is 5.11 Å². The van der Waals surface area contributed by atoms with E-state index in [0.29, 0.717) is 0 Å². The van der Waals surface area contributed by atoms with Crippen LogP contribution in [-0.4, -0.2) is 36.2 Å². The fraction of sp³-hybridized carbons (Fsp3) is 1.00. The summed E-state index contributed by atoms with van der Waals surface area (Å²) < 4.78 is 0. The number of aliphatic hydroxyl groups is 1. The molecule has 0 bridgehead atoms. The van der Waals surface area contributed by atoms with Crippen molar-refractivity contribution >= 4 is 0 Å². The molecule has 2 nitrogen and oxygen atoms in total. The molecule has 0 spiro atoms. The molecule has 0 amide bonds. The van der Waals surface area contributed by atoms with E-state index < -0.39 is 5.60 Å². The second-order valence-electron chi connectivity index (χ2n) is 3.37. The molecule has 60 valence electrons. The quantitative estimate of drug-likeness (QED) is 0.776. The van der Waals surface area contributed by atoms with Gasteiger partial charge in [-0.05, 0) is 34.4 Å². The maximum absolute atomic E-state index is 9.24. The summed E-state index contributed by atoms with van der Waals surface area (Å²) in [5, 5.41) is 9.24. The molecule has 0 aromatic carbocycles. The third-order valence-corrected chi connectivity index (χ3v) is 1.17. The third kappa shape index (κ3) is 11.6.